The Kier molecular flexibility index (Phi) is 4.67. The normalized spacial score (nSPS) is 10.4. The summed E-state index contributed by atoms with van der Waals surface area (Å²) in [5, 5.41) is 11.3. The third-order valence-electron chi connectivity index (χ3n) is 2.56. The zero-order chi connectivity index (χ0) is 14.9. The summed E-state index contributed by atoms with van der Waals surface area (Å²) in [5.41, 5.74) is 0.545. The Labute approximate surface area is 137 Å². The predicted octanol–water partition coefficient (Wildman–Crippen LogP) is 5.87. The van der Waals surface area contributed by atoms with E-state index in [-0.39, 0.29) is 5.69 Å². The molecule has 0 bridgehead atoms. The minimum Gasteiger partial charge on any atom is -0.455 e. The van der Waals surface area contributed by atoms with E-state index in [4.69, 9.17) is 16.3 Å². The summed E-state index contributed by atoms with van der Waals surface area (Å²) in [6.45, 7) is 1.65. The van der Waals surface area contributed by atoms with E-state index in [0.29, 0.717) is 26.6 Å². The molecule has 0 spiro atoms. The number of benzene rings is 2. The van der Waals surface area contributed by atoms with Crippen LogP contribution in [-0.4, -0.2) is 4.92 Å². The van der Waals surface area contributed by atoms with E-state index >= 15 is 0 Å². The van der Waals surface area contributed by atoms with Gasteiger partial charge in [0.25, 0.3) is 5.69 Å². The molecule has 0 heterocycles. The van der Waals surface area contributed by atoms with Crippen LogP contribution in [0.3, 0.4) is 0 Å². The largest absolute Gasteiger partial charge is 0.455 e. The Balaban J connectivity index is 2.42. The summed E-state index contributed by atoms with van der Waals surface area (Å²) < 4.78 is 7.02. The van der Waals surface area contributed by atoms with Gasteiger partial charge in [-0.15, -0.1) is 0 Å². The molecule has 0 fully saturated rings. The molecule has 0 aliphatic rings. The van der Waals surface area contributed by atoms with Gasteiger partial charge in [-0.2, -0.15) is 0 Å². The van der Waals surface area contributed by atoms with Crippen LogP contribution in [0.15, 0.2) is 39.3 Å². The third-order valence-corrected chi connectivity index (χ3v) is 3.99. The molecule has 2 rings (SSSR count). The minimum absolute atomic E-state index is 0.0320. The van der Waals surface area contributed by atoms with Crippen molar-refractivity contribution in [1.29, 1.82) is 0 Å². The molecule has 0 aliphatic carbocycles. The second-order valence-electron chi connectivity index (χ2n) is 4.00. The molecule has 0 aromatic heterocycles. The molecule has 4 nitrogen and oxygen atoms in total. The second-order valence-corrected chi connectivity index (χ2v) is 6.18. The molecule has 0 aliphatic heterocycles. The zero-order valence-electron chi connectivity index (χ0n) is 10.2. The van der Waals surface area contributed by atoms with Gasteiger partial charge in [-0.25, -0.2) is 0 Å². The fraction of sp³-hybridized carbons (Fsp3) is 0.0769. The highest BCUT2D eigenvalue weighted by Crippen LogP contribution is 2.38. The van der Waals surface area contributed by atoms with Crippen LogP contribution in [0.4, 0.5) is 5.69 Å². The first-order valence-electron chi connectivity index (χ1n) is 5.46. The van der Waals surface area contributed by atoms with Gasteiger partial charge in [-0.3, -0.25) is 10.1 Å². The number of halogens is 3. The third kappa shape index (κ3) is 3.31. The molecule has 0 atom stereocenters. The summed E-state index contributed by atoms with van der Waals surface area (Å²) in [7, 11) is 0. The molecule has 2 aromatic rings. The van der Waals surface area contributed by atoms with Crippen molar-refractivity contribution in [2.45, 2.75) is 6.92 Å². The number of nitrogens with zero attached hydrogens (tertiary/aromatic N) is 1. The van der Waals surface area contributed by atoms with Crippen molar-refractivity contribution in [3.63, 3.8) is 0 Å². The van der Waals surface area contributed by atoms with E-state index in [2.05, 4.69) is 31.9 Å². The van der Waals surface area contributed by atoms with Gasteiger partial charge in [-0.05, 0) is 47.1 Å². The van der Waals surface area contributed by atoms with Crippen molar-refractivity contribution in [1.82, 2.24) is 0 Å². The number of aryl methyl sites for hydroxylation is 1. The average Bonchev–Trinajstić information content (AvgIpc) is 2.37. The Morgan fingerprint density at radius 2 is 1.90 bits per heavy atom. The molecule has 104 valence electrons. The van der Waals surface area contributed by atoms with Crippen molar-refractivity contribution in [3.05, 3.63) is 60.0 Å². The first-order chi connectivity index (χ1) is 9.38. The Hall–Kier alpha value is -1.11. The summed E-state index contributed by atoms with van der Waals surface area (Å²) in [6.07, 6.45) is 0. The summed E-state index contributed by atoms with van der Waals surface area (Å²) in [6, 6.07) is 8.24. The van der Waals surface area contributed by atoms with Crippen molar-refractivity contribution in [3.8, 4) is 11.5 Å². The number of rotatable bonds is 3. The van der Waals surface area contributed by atoms with Gasteiger partial charge in [0, 0.05) is 16.1 Å². The summed E-state index contributed by atoms with van der Waals surface area (Å²) in [5.74, 6) is 0.933. The molecule has 20 heavy (non-hydrogen) atoms. The lowest BCUT2D eigenvalue weighted by Gasteiger charge is -2.10. The first kappa shape index (κ1) is 15.3. The van der Waals surface area contributed by atoms with Crippen LogP contribution in [0.1, 0.15) is 5.56 Å². The Morgan fingerprint density at radius 1 is 1.20 bits per heavy atom. The molecule has 0 saturated heterocycles. The minimum atomic E-state index is -0.435. The van der Waals surface area contributed by atoms with Crippen LogP contribution in [0, 0.1) is 17.0 Å². The molecule has 7 heteroatoms. The van der Waals surface area contributed by atoms with Crippen LogP contribution < -0.4 is 4.74 Å². The number of ether oxygens (including phenoxy) is 1. The fourth-order valence-electron chi connectivity index (χ4n) is 1.59. The maximum Gasteiger partial charge on any atom is 0.273 e. The van der Waals surface area contributed by atoms with Crippen molar-refractivity contribution in [2.75, 3.05) is 0 Å². The lowest BCUT2D eigenvalue weighted by atomic mass is 10.2. The quantitative estimate of drug-likeness (QED) is 0.460. The first-order valence-corrected chi connectivity index (χ1v) is 7.42. The van der Waals surface area contributed by atoms with Crippen molar-refractivity contribution in [2.24, 2.45) is 0 Å². The molecule has 0 amide bonds. The topological polar surface area (TPSA) is 52.4 Å². The number of hydrogen-bond acceptors (Lipinski definition) is 3. The second kappa shape index (κ2) is 6.11. The van der Waals surface area contributed by atoms with Crippen LogP contribution in [-0.2, 0) is 0 Å². The molecule has 0 radical (unpaired) electrons. The van der Waals surface area contributed by atoms with E-state index in [1.807, 2.05) is 0 Å². The van der Waals surface area contributed by atoms with E-state index in [9.17, 15) is 10.1 Å². The highest BCUT2D eigenvalue weighted by molar-refractivity contribution is 9.10. The highest BCUT2D eigenvalue weighted by atomic mass is 79.9. The zero-order valence-corrected chi connectivity index (χ0v) is 14.1. The van der Waals surface area contributed by atoms with Crippen LogP contribution in [0.2, 0.25) is 5.02 Å². The summed E-state index contributed by atoms with van der Waals surface area (Å²) in [4.78, 5) is 10.4. The summed E-state index contributed by atoms with van der Waals surface area (Å²) >= 11 is 12.7. The molecule has 0 saturated carbocycles. The van der Waals surface area contributed by atoms with E-state index in [0.717, 1.165) is 4.47 Å². The molecule has 2 aromatic carbocycles. The lowest BCUT2D eigenvalue weighted by molar-refractivity contribution is -0.385. The number of nitro groups is 1. The van der Waals surface area contributed by atoms with Gasteiger partial charge < -0.3 is 4.74 Å². The van der Waals surface area contributed by atoms with E-state index in [1.165, 1.54) is 6.07 Å². The van der Waals surface area contributed by atoms with E-state index < -0.39 is 4.92 Å². The molecular formula is C13H8Br2ClNO3. The molecule has 0 unspecified atom stereocenters. The molecule has 0 N–H and O–H groups in total. The number of hydrogen-bond donors (Lipinski definition) is 0. The van der Waals surface area contributed by atoms with Crippen molar-refractivity contribution >= 4 is 49.1 Å². The molecular weight excluding hydrogens is 413 g/mol. The van der Waals surface area contributed by atoms with Gasteiger partial charge in [0.05, 0.1) is 14.4 Å². The van der Waals surface area contributed by atoms with Gasteiger partial charge >= 0.3 is 0 Å². The number of nitro benzene ring substituents is 1. The SMILES string of the molecule is Cc1cc(Oc2cc(Br)ccc2Cl)c(Br)cc1[N+](=O)[O-]. The standard InChI is InChI=1S/C13H8Br2ClNO3/c1-7-4-12(9(15)6-11(7)17(18)19)20-13-5-8(14)2-3-10(13)16/h2-6H,1H3. The lowest BCUT2D eigenvalue weighted by Crippen LogP contribution is -1.94. The van der Waals surface area contributed by atoms with Gasteiger partial charge in [0.2, 0.25) is 0 Å². The predicted molar refractivity (Wildman–Crippen MR) is 84.8 cm³/mol. The maximum atomic E-state index is 10.9. The highest BCUT2D eigenvalue weighted by Gasteiger charge is 2.16. The van der Waals surface area contributed by atoms with Gasteiger partial charge in [0.1, 0.15) is 11.5 Å². The fourth-order valence-corrected chi connectivity index (χ4v) is 2.50. The van der Waals surface area contributed by atoms with Crippen LogP contribution in [0.25, 0.3) is 0 Å². The van der Waals surface area contributed by atoms with Crippen molar-refractivity contribution < 1.29 is 9.66 Å². The van der Waals surface area contributed by atoms with Crippen LogP contribution >= 0.6 is 43.5 Å². The average molecular weight is 421 g/mol. The van der Waals surface area contributed by atoms with Crippen LogP contribution in [0.5, 0.6) is 11.5 Å². The smallest absolute Gasteiger partial charge is 0.273 e. The Morgan fingerprint density at radius 3 is 2.55 bits per heavy atom. The maximum absolute atomic E-state index is 10.9. The van der Waals surface area contributed by atoms with E-state index in [1.54, 1.807) is 31.2 Å². The van der Waals surface area contributed by atoms with Gasteiger partial charge in [-0.1, -0.05) is 27.5 Å². The van der Waals surface area contributed by atoms with Gasteiger partial charge in [0.15, 0.2) is 0 Å². The Bertz CT molecular complexity index is 692. The monoisotopic (exact) mass is 419 g/mol.